The molecule has 2 nitrogen and oxygen atoms in total. The number of aryl methyl sites for hydroxylation is 2. The quantitative estimate of drug-likeness (QED) is 0.847. The SMILES string of the molecule is Cc1ccc(SCC(=O)N[C@@H]2CCCC[C@@H]2C)c(C)c1. The number of carbonyl (C=O) groups is 1. The molecular formula is C17H25NOS. The van der Waals surface area contributed by atoms with E-state index in [-0.39, 0.29) is 5.91 Å². The fraction of sp³-hybridized carbons (Fsp3) is 0.588. The van der Waals surface area contributed by atoms with Gasteiger partial charge in [-0.15, -0.1) is 11.8 Å². The molecule has 20 heavy (non-hydrogen) atoms. The van der Waals surface area contributed by atoms with Gasteiger partial charge in [0.15, 0.2) is 0 Å². The number of amides is 1. The Balaban J connectivity index is 1.82. The van der Waals surface area contributed by atoms with Crippen molar-refractivity contribution in [2.24, 2.45) is 5.92 Å². The zero-order valence-electron chi connectivity index (χ0n) is 12.7. The van der Waals surface area contributed by atoms with E-state index in [0.29, 0.717) is 17.7 Å². The Bertz CT molecular complexity index is 472. The van der Waals surface area contributed by atoms with Crippen molar-refractivity contribution < 1.29 is 4.79 Å². The van der Waals surface area contributed by atoms with Crippen molar-refractivity contribution in [3.05, 3.63) is 29.3 Å². The molecule has 2 rings (SSSR count). The van der Waals surface area contributed by atoms with E-state index in [1.807, 2.05) is 0 Å². The average molecular weight is 291 g/mol. The van der Waals surface area contributed by atoms with Crippen LogP contribution < -0.4 is 5.32 Å². The number of thioether (sulfide) groups is 1. The standard InChI is InChI=1S/C17H25NOS/c1-12-8-9-16(14(3)10-12)20-11-17(19)18-15-7-5-4-6-13(15)2/h8-10,13,15H,4-7,11H2,1-3H3,(H,18,19)/t13-,15+/m0/s1. The van der Waals surface area contributed by atoms with E-state index in [2.05, 4.69) is 44.3 Å². The monoisotopic (exact) mass is 291 g/mol. The summed E-state index contributed by atoms with van der Waals surface area (Å²) in [6, 6.07) is 6.78. The fourth-order valence-electron chi connectivity index (χ4n) is 2.88. The Hall–Kier alpha value is -0.960. The zero-order valence-corrected chi connectivity index (χ0v) is 13.6. The smallest absolute Gasteiger partial charge is 0.230 e. The van der Waals surface area contributed by atoms with Crippen molar-refractivity contribution in [1.29, 1.82) is 0 Å². The molecule has 1 aliphatic carbocycles. The first-order valence-electron chi connectivity index (χ1n) is 7.55. The van der Waals surface area contributed by atoms with Gasteiger partial charge in [-0.05, 0) is 44.2 Å². The molecule has 3 heteroatoms. The molecule has 1 aromatic carbocycles. The molecule has 2 atom stereocenters. The lowest BCUT2D eigenvalue weighted by atomic mass is 9.86. The molecule has 110 valence electrons. The number of nitrogens with one attached hydrogen (secondary N) is 1. The molecule has 1 aromatic rings. The highest BCUT2D eigenvalue weighted by molar-refractivity contribution is 8.00. The lowest BCUT2D eigenvalue weighted by molar-refractivity contribution is -0.119. The molecule has 1 fully saturated rings. The van der Waals surface area contributed by atoms with Crippen molar-refractivity contribution in [2.75, 3.05) is 5.75 Å². The minimum atomic E-state index is 0.175. The summed E-state index contributed by atoms with van der Waals surface area (Å²) in [6.07, 6.45) is 4.95. The van der Waals surface area contributed by atoms with Crippen LogP contribution in [0.2, 0.25) is 0 Å². The van der Waals surface area contributed by atoms with Crippen LogP contribution in [0.25, 0.3) is 0 Å². The van der Waals surface area contributed by atoms with Gasteiger partial charge in [-0.1, -0.05) is 37.5 Å². The molecule has 0 aliphatic heterocycles. The predicted molar refractivity (Wildman–Crippen MR) is 86.2 cm³/mol. The minimum Gasteiger partial charge on any atom is -0.352 e. The van der Waals surface area contributed by atoms with Crippen LogP contribution >= 0.6 is 11.8 Å². The Labute approximate surface area is 126 Å². The molecule has 0 spiro atoms. The first-order chi connectivity index (χ1) is 9.56. The number of hydrogen-bond donors (Lipinski definition) is 1. The van der Waals surface area contributed by atoms with Crippen molar-refractivity contribution in [3.63, 3.8) is 0 Å². The van der Waals surface area contributed by atoms with Gasteiger partial charge in [-0.3, -0.25) is 4.79 Å². The summed E-state index contributed by atoms with van der Waals surface area (Å²) in [6.45, 7) is 6.45. The lowest BCUT2D eigenvalue weighted by Gasteiger charge is -2.29. The van der Waals surface area contributed by atoms with Gasteiger partial charge < -0.3 is 5.32 Å². The van der Waals surface area contributed by atoms with Gasteiger partial charge in [0.25, 0.3) is 0 Å². The molecule has 0 saturated heterocycles. The molecule has 1 N–H and O–H groups in total. The van der Waals surface area contributed by atoms with Gasteiger partial charge >= 0.3 is 0 Å². The van der Waals surface area contributed by atoms with Crippen LogP contribution in [0, 0.1) is 19.8 Å². The van der Waals surface area contributed by atoms with E-state index in [9.17, 15) is 4.79 Å². The van der Waals surface area contributed by atoms with E-state index in [1.54, 1.807) is 11.8 Å². The van der Waals surface area contributed by atoms with Crippen molar-refractivity contribution >= 4 is 17.7 Å². The maximum absolute atomic E-state index is 12.1. The summed E-state index contributed by atoms with van der Waals surface area (Å²) in [5.74, 6) is 1.32. The molecule has 1 amide bonds. The number of benzene rings is 1. The highest BCUT2D eigenvalue weighted by Crippen LogP contribution is 2.25. The third-order valence-electron chi connectivity index (χ3n) is 4.15. The summed E-state index contributed by atoms with van der Waals surface area (Å²) in [5.41, 5.74) is 2.53. The Morgan fingerprint density at radius 3 is 2.75 bits per heavy atom. The molecule has 1 aliphatic rings. The number of rotatable bonds is 4. The van der Waals surface area contributed by atoms with Crippen molar-refractivity contribution in [1.82, 2.24) is 5.32 Å². The van der Waals surface area contributed by atoms with E-state index in [0.717, 1.165) is 6.42 Å². The highest BCUT2D eigenvalue weighted by atomic mass is 32.2. The molecule has 0 unspecified atom stereocenters. The van der Waals surface area contributed by atoms with Crippen LogP contribution in [0.15, 0.2) is 23.1 Å². The van der Waals surface area contributed by atoms with Gasteiger partial charge in [0.05, 0.1) is 5.75 Å². The first kappa shape index (κ1) is 15.4. The average Bonchev–Trinajstić information content (AvgIpc) is 2.40. The summed E-state index contributed by atoms with van der Waals surface area (Å²) >= 11 is 1.64. The second-order valence-corrected chi connectivity index (χ2v) is 7.01. The van der Waals surface area contributed by atoms with E-state index >= 15 is 0 Å². The summed E-state index contributed by atoms with van der Waals surface area (Å²) in [4.78, 5) is 13.3. The van der Waals surface area contributed by atoms with E-state index < -0.39 is 0 Å². The van der Waals surface area contributed by atoms with Crippen LogP contribution in [0.1, 0.15) is 43.7 Å². The molecule has 0 aromatic heterocycles. The second-order valence-electron chi connectivity index (χ2n) is 5.99. The maximum Gasteiger partial charge on any atom is 0.230 e. The molecule has 0 radical (unpaired) electrons. The van der Waals surface area contributed by atoms with Gasteiger partial charge in [0, 0.05) is 10.9 Å². The third-order valence-corrected chi connectivity index (χ3v) is 5.32. The summed E-state index contributed by atoms with van der Waals surface area (Å²) in [7, 11) is 0. The maximum atomic E-state index is 12.1. The highest BCUT2D eigenvalue weighted by Gasteiger charge is 2.22. The first-order valence-corrected chi connectivity index (χ1v) is 8.54. The lowest BCUT2D eigenvalue weighted by Crippen LogP contribution is -2.41. The summed E-state index contributed by atoms with van der Waals surface area (Å²) in [5, 5.41) is 3.21. The number of hydrogen-bond acceptors (Lipinski definition) is 2. The fourth-order valence-corrected chi connectivity index (χ4v) is 3.70. The van der Waals surface area contributed by atoms with Crippen LogP contribution in [-0.2, 0) is 4.79 Å². The van der Waals surface area contributed by atoms with Gasteiger partial charge in [-0.25, -0.2) is 0 Å². The van der Waals surface area contributed by atoms with Crippen LogP contribution in [0.3, 0.4) is 0 Å². The largest absolute Gasteiger partial charge is 0.352 e. The topological polar surface area (TPSA) is 29.1 Å². The van der Waals surface area contributed by atoms with Gasteiger partial charge in [-0.2, -0.15) is 0 Å². The Morgan fingerprint density at radius 1 is 1.30 bits per heavy atom. The zero-order chi connectivity index (χ0) is 14.5. The van der Waals surface area contributed by atoms with Crippen LogP contribution in [0.4, 0.5) is 0 Å². The van der Waals surface area contributed by atoms with Crippen LogP contribution in [-0.4, -0.2) is 17.7 Å². The van der Waals surface area contributed by atoms with Crippen molar-refractivity contribution in [2.45, 2.75) is 57.4 Å². The Kier molecular flexibility index (Phi) is 5.53. The van der Waals surface area contributed by atoms with E-state index in [1.165, 1.54) is 35.3 Å². The molecular weight excluding hydrogens is 266 g/mol. The summed E-state index contributed by atoms with van der Waals surface area (Å²) < 4.78 is 0. The molecule has 0 heterocycles. The molecule has 0 bridgehead atoms. The van der Waals surface area contributed by atoms with Gasteiger partial charge in [0.2, 0.25) is 5.91 Å². The molecule has 1 saturated carbocycles. The Morgan fingerprint density at radius 2 is 2.05 bits per heavy atom. The van der Waals surface area contributed by atoms with E-state index in [4.69, 9.17) is 0 Å². The minimum absolute atomic E-state index is 0.175. The van der Waals surface area contributed by atoms with Gasteiger partial charge in [0.1, 0.15) is 0 Å². The van der Waals surface area contributed by atoms with Crippen LogP contribution in [0.5, 0.6) is 0 Å². The van der Waals surface area contributed by atoms with Crippen molar-refractivity contribution in [3.8, 4) is 0 Å². The third kappa shape index (κ3) is 4.27. The second kappa shape index (κ2) is 7.16. The number of carbonyl (C=O) groups excluding carboxylic acids is 1. The normalized spacial score (nSPS) is 22.6. The predicted octanol–water partition coefficient (Wildman–Crippen LogP) is 4.09.